The third-order valence-electron chi connectivity index (χ3n) is 3.93. The van der Waals surface area contributed by atoms with Crippen molar-refractivity contribution in [2.24, 2.45) is 12.2 Å². The fraction of sp³-hybridized carbons (Fsp3) is 0.176. The second kappa shape index (κ2) is 7.29. The molecule has 1 heterocycles. The molecular formula is C17H17FN4O3S2. The van der Waals surface area contributed by atoms with Crippen LogP contribution in [0.2, 0.25) is 0 Å². The number of halogens is 1. The summed E-state index contributed by atoms with van der Waals surface area (Å²) in [5.41, 5.74) is 2.06. The van der Waals surface area contributed by atoms with Crippen LogP contribution in [0.1, 0.15) is 5.56 Å². The van der Waals surface area contributed by atoms with Crippen LogP contribution in [-0.2, 0) is 21.9 Å². The summed E-state index contributed by atoms with van der Waals surface area (Å²) in [5, 5.41) is 8.31. The molecule has 0 spiro atoms. The molecule has 7 nitrogen and oxygen atoms in total. The van der Waals surface area contributed by atoms with Crippen molar-refractivity contribution < 1.29 is 17.6 Å². The number of rotatable bonds is 5. The molecule has 3 N–H and O–H groups in total. The van der Waals surface area contributed by atoms with Crippen molar-refractivity contribution in [3.8, 4) is 0 Å². The number of amides is 1. The summed E-state index contributed by atoms with van der Waals surface area (Å²) in [5.74, 6) is -0.628. The van der Waals surface area contributed by atoms with Gasteiger partial charge in [-0.15, -0.1) is 0 Å². The minimum atomic E-state index is -3.82. The predicted octanol–water partition coefficient (Wildman–Crippen LogP) is 2.40. The van der Waals surface area contributed by atoms with Gasteiger partial charge in [0.25, 0.3) is 0 Å². The Bertz CT molecular complexity index is 1140. The first-order chi connectivity index (χ1) is 12.6. The van der Waals surface area contributed by atoms with E-state index in [1.54, 1.807) is 36.7 Å². The maximum atomic E-state index is 13.5. The summed E-state index contributed by atoms with van der Waals surface area (Å²) < 4.78 is 38.2. The van der Waals surface area contributed by atoms with Crippen LogP contribution < -0.4 is 10.5 Å². The number of hydrogen-bond donors (Lipinski definition) is 2. The number of primary sulfonamides is 1. The number of aromatic nitrogens is 2. The molecule has 10 heteroatoms. The normalized spacial score (nSPS) is 11.7. The van der Waals surface area contributed by atoms with Gasteiger partial charge in [-0.3, -0.25) is 4.79 Å². The number of aryl methyl sites for hydroxylation is 2. The molecule has 0 fully saturated rings. The highest BCUT2D eigenvalue weighted by atomic mass is 32.2. The van der Waals surface area contributed by atoms with E-state index in [-0.39, 0.29) is 22.4 Å². The van der Waals surface area contributed by atoms with Gasteiger partial charge < -0.3 is 9.88 Å². The summed E-state index contributed by atoms with van der Waals surface area (Å²) in [6.45, 7) is 1.64. The van der Waals surface area contributed by atoms with E-state index in [9.17, 15) is 17.6 Å². The molecule has 1 amide bonds. The van der Waals surface area contributed by atoms with Crippen molar-refractivity contribution in [1.82, 2.24) is 9.55 Å². The highest BCUT2D eigenvalue weighted by molar-refractivity contribution is 7.99. The van der Waals surface area contributed by atoms with Gasteiger partial charge in [-0.25, -0.2) is 22.9 Å². The van der Waals surface area contributed by atoms with Crippen molar-refractivity contribution in [2.75, 3.05) is 11.1 Å². The van der Waals surface area contributed by atoms with E-state index in [4.69, 9.17) is 5.14 Å². The van der Waals surface area contributed by atoms with E-state index < -0.39 is 10.0 Å². The third-order valence-corrected chi connectivity index (χ3v) is 5.87. The highest BCUT2D eigenvalue weighted by Gasteiger charge is 2.14. The standard InChI is InChI=1S/C17H17FN4O3S2/c1-10-3-4-11(7-13(10)18)20-16(23)9-26-17-21-14-8-12(27(19,24)25)5-6-15(14)22(17)2/h3-8H,9H2,1-2H3,(H,20,23)(H2,19,24,25). The molecule has 0 aliphatic heterocycles. The maximum Gasteiger partial charge on any atom is 0.238 e. The quantitative estimate of drug-likeness (QED) is 0.631. The van der Waals surface area contributed by atoms with E-state index in [1.165, 1.54) is 30.0 Å². The van der Waals surface area contributed by atoms with Crippen LogP contribution in [-0.4, -0.2) is 29.6 Å². The number of anilines is 1. The van der Waals surface area contributed by atoms with Crippen LogP contribution in [0.15, 0.2) is 46.5 Å². The smallest absolute Gasteiger partial charge is 0.238 e. The largest absolute Gasteiger partial charge is 0.325 e. The lowest BCUT2D eigenvalue weighted by Crippen LogP contribution is -2.14. The van der Waals surface area contributed by atoms with Gasteiger partial charge in [-0.1, -0.05) is 17.8 Å². The van der Waals surface area contributed by atoms with E-state index in [0.29, 0.717) is 27.4 Å². The number of carbonyl (C=O) groups is 1. The van der Waals surface area contributed by atoms with E-state index in [1.807, 2.05) is 0 Å². The van der Waals surface area contributed by atoms with Gasteiger partial charge in [-0.05, 0) is 42.8 Å². The first-order valence-corrected chi connectivity index (χ1v) is 10.4. The first kappa shape index (κ1) is 19.3. The van der Waals surface area contributed by atoms with Crippen LogP contribution in [0.5, 0.6) is 0 Å². The molecule has 1 aromatic heterocycles. The number of thioether (sulfide) groups is 1. The molecule has 0 saturated carbocycles. The zero-order valence-electron chi connectivity index (χ0n) is 14.6. The fourth-order valence-corrected chi connectivity index (χ4v) is 3.78. The van der Waals surface area contributed by atoms with Crippen molar-refractivity contribution in [3.63, 3.8) is 0 Å². The summed E-state index contributed by atoms with van der Waals surface area (Å²) >= 11 is 1.19. The second-order valence-corrected chi connectivity index (χ2v) is 8.45. The Kier molecular flexibility index (Phi) is 5.22. The Hall–Kier alpha value is -2.43. The van der Waals surface area contributed by atoms with Gasteiger partial charge in [0.2, 0.25) is 15.9 Å². The molecule has 0 bridgehead atoms. The molecule has 0 aliphatic carbocycles. The molecular weight excluding hydrogens is 391 g/mol. The number of nitrogens with zero attached hydrogens (tertiary/aromatic N) is 2. The van der Waals surface area contributed by atoms with Gasteiger partial charge in [0.1, 0.15) is 5.82 Å². The zero-order chi connectivity index (χ0) is 19.8. The third kappa shape index (κ3) is 4.29. The fourth-order valence-electron chi connectivity index (χ4n) is 2.46. The average Bonchev–Trinajstić information content (AvgIpc) is 2.91. The van der Waals surface area contributed by atoms with Crippen LogP contribution in [0.4, 0.5) is 10.1 Å². The molecule has 0 saturated heterocycles. The molecule has 0 atom stereocenters. The Morgan fingerprint density at radius 3 is 2.70 bits per heavy atom. The number of imidazole rings is 1. The lowest BCUT2D eigenvalue weighted by Gasteiger charge is -2.06. The number of hydrogen-bond acceptors (Lipinski definition) is 5. The number of sulfonamides is 1. The van der Waals surface area contributed by atoms with Crippen molar-refractivity contribution in [1.29, 1.82) is 0 Å². The maximum absolute atomic E-state index is 13.5. The van der Waals surface area contributed by atoms with E-state index >= 15 is 0 Å². The number of benzene rings is 2. The Balaban J connectivity index is 1.73. The number of carbonyl (C=O) groups excluding carboxylic acids is 1. The van der Waals surface area contributed by atoms with Crippen LogP contribution in [0, 0.1) is 12.7 Å². The second-order valence-electron chi connectivity index (χ2n) is 5.95. The molecule has 0 radical (unpaired) electrons. The van der Waals surface area contributed by atoms with Crippen molar-refractivity contribution in [3.05, 3.63) is 47.8 Å². The molecule has 3 rings (SSSR count). The topological polar surface area (TPSA) is 107 Å². The molecule has 3 aromatic rings. The van der Waals surface area contributed by atoms with Gasteiger partial charge in [-0.2, -0.15) is 0 Å². The average molecular weight is 408 g/mol. The molecule has 0 unspecified atom stereocenters. The monoisotopic (exact) mass is 408 g/mol. The molecule has 2 aromatic carbocycles. The minimum Gasteiger partial charge on any atom is -0.325 e. The summed E-state index contributed by atoms with van der Waals surface area (Å²) in [4.78, 5) is 16.4. The Labute approximate surface area is 159 Å². The van der Waals surface area contributed by atoms with Crippen LogP contribution in [0.3, 0.4) is 0 Å². The van der Waals surface area contributed by atoms with E-state index in [2.05, 4.69) is 10.3 Å². The van der Waals surface area contributed by atoms with Gasteiger partial charge in [0.05, 0.1) is 21.7 Å². The van der Waals surface area contributed by atoms with Crippen molar-refractivity contribution in [2.45, 2.75) is 17.0 Å². The predicted molar refractivity (Wildman–Crippen MR) is 103 cm³/mol. The summed E-state index contributed by atoms with van der Waals surface area (Å²) in [6.07, 6.45) is 0. The number of nitrogens with two attached hydrogens (primary N) is 1. The molecule has 142 valence electrons. The summed E-state index contributed by atoms with van der Waals surface area (Å²) in [6, 6.07) is 8.90. The summed E-state index contributed by atoms with van der Waals surface area (Å²) in [7, 11) is -2.05. The number of fused-ring (bicyclic) bond motifs is 1. The van der Waals surface area contributed by atoms with Crippen molar-refractivity contribution >= 4 is 44.4 Å². The zero-order valence-corrected chi connectivity index (χ0v) is 16.2. The van der Waals surface area contributed by atoms with Crippen LogP contribution >= 0.6 is 11.8 Å². The first-order valence-electron chi connectivity index (χ1n) is 7.83. The molecule has 27 heavy (non-hydrogen) atoms. The van der Waals surface area contributed by atoms with Gasteiger partial charge in [0, 0.05) is 12.7 Å². The van der Waals surface area contributed by atoms with Gasteiger partial charge >= 0.3 is 0 Å². The van der Waals surface area contributed by atoms with E-state index in [0.717, 1.165) is 0 Å². The van der Waals surface area contributed by atoms with Gasteiger partial charge in [0.15, 0.2) is 5.16 Å². The Morgan fingerprint density at radius 2 is 2.04 bits per heavy atom. The van der Waals surface area contributed by atoms with Crippen LogP contribution in [0.25, 0.3) is 11.0 Å². The lowest BCUT2D eigenvalue weighted by molar-refractivity contribution is -0.113. The highest BCUT2D eigenvalue weighted by Crippen LogP contribution is 2.25. The molecule has 0 aliphatic rings. The lowest BCUT2D eigenvalue weighted by atomic mass is 10.2. The Morgan fingerprint density at radius 1 is 1.30 bits per heavy atom. The SMILES string of the molecule is Cc1ccc(NC(=O)CSc2nc3cc(S(N)(=O)=O)ccc3n2C)cc1F. The minimum absolute atomic E-state index is 0.0243. The number of nitrogens with one attached hydrogen (secondary N) is 1.